The molecule has 0 bridgehead atoms. The first-order valence-corrected chi connectivity index (χ1v) is 16.5. The van der Waals surface area contributed by atoms with Crippen molar-refractivity contribution in [2.75, 3.05) is 0 Å². The van der Waals surface area contributed by atoms with Crippen LogP contribution in [0.5, 0.6) is 0 Å². The Morgan fingerprint density at radius 1 is 0.347 bits per heavy atom. The summed E-state index contributed by atoms with van der Waals surface area (Å²) in [4.78, 5) is 0. The molecule has 0 atom stereocenters. The maximum atomic E-state index is 8.52. The summed E-state index contributed by atoms with van der Waals surface area (Å²) < 4.78 is 47.9. The highest BCUT2D eigenvalue weighted by molar-refractivity contribution is 6.29. The minimum atomic E-state index is -0.407. The first-order chi connectivity index (χ1) is 26.4. The van der Waals surface area contributed by atoms with Gasteiger partial charge in [0.05, 0.1) is 6.85 Å². The molecular formula is C48H28O. The summed E-state index contributed by atoms with van der Waals surface area (Å²) >= 11 is 0. The number of hydrogen-bond acceptors (Lipinski definition) is 1. The molecule has 1 aromatic heterocycles. The van der Waals surface area contributed by atoms with Crippen LogP contribution < -0.4 is 0 Å². The van der Waals surface area contributed by atoms with E-state index in [4.69, 9.17) is 11.3 Å². The van der Waals surface area contributed by atoms with Crippen molar-refractivity contribution in [2.45, 2.75) is 0 Å². The highest BCUT2D eigenvalue weighted by Gasteiger charge is 2.18. The zero-order valence-electron chi connectivity index (χ0n) is 31.2. The molecule has 0 aliphatic rings. The Morgan fingerprint density at radius 2 is 1.00 bits per heavy atom. The van der Waals surface area contributed by atoms with Gasteiger partial charge in [-0.1, -0.05) is 145 Å². The molecule has 1 heteroatoms. The maximum absolute atomic E-state index is 8.52. The second kappa shape index (κ2) is 10.0. The fourth-order valence-corrected chi connectivity index (χ4v) is 8.06. The predicted molar refractivity (Wildman–Crippen MR) is 209 cm³/mol. The number of furan rings is 1. The first-order valence-electron chi connectivity index (χ1n) is 19.0. The summed E-state index contributed by atoms with van der Waals surface area (Å²) in [6.07, 6.45) is 0. The topological polar surface area (TPSA) is 13.1 Å². The van der Waals surface area contributed by atoms with Gasteiger partial charge in [-0.2, -0.15) is 0 Å². The van der Waals surface area contributed by atoms with E-state index in [1.165, 1.54) is 59.6 Å². The van der Waals surface area contributed by atoms with E-state index in [2.05, 4.69) is 109 Å². The third-order valence-corrected chi connectivity index (χ3v) is 10.3. The Kier molecular flexibility index (Phi) is 4.54. The van der Waals surface area contributed by atoms with Crippen LogP contribution in [0.15, 0.2) is 174 Å². The number of fused-ring (bicyclic) bond motifs is 6. The molecule has 49 heavy (non-hydrogen) atoms. The van der Waals surface area contributed by atoms with Crippen molar-refractivity contribution in [2.24, 2.45) is 0 Å². The normalized spacial score (nSPS) is 13.5. The van der Waals surface area contributed by atoms with Gasteiger partial charge in [0.15, 0.2) is 0 Å². The smallest absolute Gasteiger partial charge is 0.136 e. The van der Waals surface area contributed by atoms with Crippen molar-refractivity contribution in [3.05, 3.63) is 170 Å². The van der Waals surface area contributed by atoms with Crippen molar-refractivity contribution in [3.63, 3.8) is 0 Å². The van der Waals surface area contributed by atoms with E-state index in [1.807, 2.05) is 24.3 Å². The molecule has 0 aliphatic carbocycles. The van der Waals surface area contributed by atoms with Gasteiger partial charge < -0.3 is 4.42 Å². The molecule has 0 unspecified atom stereocenters. The minimum Gasteiger partial charge on any atom is -0.456 e. The van der Waals surface area contributed by atoms with Gasteiger partial charge in [0.25, 0.3) is 0 Å². The van der Waals surface area contributed by atoms with Gasteiger partial charge >= 0.3 is 0 Å². The molecular weight excluding hydrogens is 593 g/mol. The van der Waals surface area contributed by atoms with Crippen LogP contribution >= 0.6 is 0 Å². The van der Waals surface area contributed by atoms with Gasteiger partial charge in [0, 0.05) is 10.8 Å². The van der Waals surface area contributed by atoms with E-state index in [1.54, 1.807) is 6.07 Å². The molecule has 0 amide bonds. The average Bonchev–Trinajstić information content (AvgIpc) is 3.59. The summed E-state index contributed by atoms with van der Waals surface area (Å²) in [5.41, 5.74) is 6.52. The minimum absolute atomic E-state index is 0.159. The van der Waals surface area contributed by atoms with E-state index in [-0.39, 0.29) is 29.7 Å². The Balaban J connectivity index is 1.12. The maximum Gasteiger partial charge on any atom is 0.136 e. The molecule has 1 nitrogen and oxygen atoms in total. The van der Waals surface area contributed by atoms with E-state index in [9.17, 15) is 0 Å². The molecule has 0 radical (unpaired) electrons. The van der Waals surface area contributed by atoms with Crippen LogP contribution in [0.3, 0.4) is 0 Å². The molecule has 11 aromatic rings. The molecule has 0 aliphatic heterocycles. The van der Waals surface area contributed by atoms with Crippen LogP contribution in [0, 0.1) is 0 Å². The zero-order valence-corrected chi connectivity index (χ0v) is 26.2. The van der Waals surface area contributed by atoms with E-state index in [0.717, 1.165) is 32.9 Å². The van der Waals surface area contributed by atoms with Crippen LogP contribution in [0.1, 0.15) is 6.85 Å². The third kappa shape index (κ3) is 3.87. The van der Waals surface area contributed by atoms with Gasteiger partial charge in [-0.25, -0.2) is 0 Å². The van der Waals surface area contributed by atoms with Gasteiger partial charge in [-0.05, 0) is 112 Å². The second-order valence-corrected chi connectivity index (χ2v) is 12.9. The second-order valence-electron chi connectivity index (χ2n) is 12.9. The van der Waals surface area contributed by atoms with Gasteiger partial charge in [0.2, 0.25) is 0 Å². The molecule has 11 rings (SSSR count). The van der Waals surface area contributed by atoms with Crippen molar-refractivity contribution >= 4 is 75.8 Å². The lowest BCUT2D eigenvalue weighted by atomic mass is 9.86. The lowest BCUT2D eigenvalue weighted by Crippen LogP contribution is -1.90. The van der Waals surface area contributed by atoms with Crippen LogP contribution in [0.4, 0.5) is 0 Å². The van der Waals surface area contributed by atoms with Crippen LogP contribution in [-0.4, -0.2) is 0 Å². The fraction of sp³-hybridized carbons (Fsp3) is 0. The summed E-state index contributed by atoms with van der Waals surface area (Å²) in [5, 5.41) is 14.1. The van der Waals surface area contributed by atoms with E-state index >= 15 is 0 Å². The van der Waals surface area contributed by atoms with Crippen LogP contribution in [-0.2, 0) is 0 Å². The summed E-state index contributed by atoms with van der Waals surface area (Å²) in [6.45, 7) is 0. The summed E-state index contributed by atoms with van der Waals surface area (Å²) in [7, 11) is 0. The molecule has 0 saturated carbocycles. The monoisotopic (exact) mass is 625 g/mol. The van der Waals surface area contributed by atoms with Crippen molar-refractivity contribution in [3.8, 4) is 33.4 Å². The number of rotatable bonds is 3. The molecule has 0 spiro atoms. The van der Waals surface area contributed by atoms with Crippen molar-refractivity contribution < 1.29 is 11.3 Å². The predicted octanol–water partition coefficient (Wildman–Crippen LogP) is 13.8. The number of hydrogen-bond donors (Lipinski definition) is 0. The zero-order chi connectivity index (χ0) is 36.4. The van der Waals surface area contributed by atoms with Crippen molar-refractivity contribution in [1.29, 1.82) is 0 Å². The Hall–Kier alpha value is -6.44. The Bertz CT molecular complexity index is 3370. The van der Waals surface area contributed by atoms with Gasteiger partial charge in [-0.15, -0.1) is 0 Å². The van der Waals surface area contributed by atoms with Gasteiger partial charge in [0.1, 0.15) is 11.2 Å². The SMILES string of the molecule is [2H]c1c([2H])c([2H])c(-c2ccc3c(c2)oc2cccc(-c4ccc5ccc6c(-c7ccc8ccc9ccccc9c8c7)ccc7ccc4c5c76)c23)c([2H])c1[2H]. The summed E-state index contributed by atoms with van der Waals surface area (Å²) in [6, 6.07) is 47.7. The lowest BCUT2D eigenvalue weighted by Gasteiger charge is -2.17. The molecule has 0 fully saturated rings. The highest BCUT2D eigenvalue weighted by Crippen LogP contribution is 2.45. The van der Waals surface area contributed by atoms with E-state index < -0.39 is 6.04 Å². The first kappa shape index (κ1) is 22.2. The standard InChI is InChI=1S/C48H28O/c1-2-7-29(8-3-1)34-21-26-42-45(28-34)49-44-12-6-11-39(48(42)44)38-23-18-33-19-24-40-37(22-17-32-20-25-41(38)47(33)46(32)40)35-16-15-31-14-13-30-9-4-5-10-36(30)43(31)27-35/h1-28H/i1D,2D,3D,7D,8D. The third-order valence-electron chi connectivity index (χ3n) is 10.3. The number of benzene rings is 10. The molecule has 226 valence electrons. The van der Waals surface area contributed by atoms with Crippen LogP contribution in [0.25, 0.3) is 109 Å². The van der Waals surface area contributed by atoms with Crippen molar-refractivity contribution in [1.82, 2.24) is 0 Å². The Labute approximate surface area is 289 Å². The average molecular weight is 626 g/mol. The molecule has 10 aromatic carbocycles. The summed E-state index contributed by atoms with van der Waals surface area (Å²) in [5.74, 6) is 0. The highest BCUT2D eigenvalue weighted by atomic mass is 16.3. The van der Waals surface area contributed by atoms with Crippen LogP contribution in [0.2, 0.25) is 0 Å². The quantitative estimate of drug-likeness (QED) is 0.178. The molecule has 0 saturated heterocycles. The van der Waals surface area contributed by atoms with Gasteiger partial charge in [-0.3, -0.25) is 0 Å². The largest absolute Gasteiger partial charge is 0.456 e. The molecule has 0 N–H and O–H groups in total. The Morgan fingerprint density at radius 3 is 1.84 bits per heavy atom. The van der Waals surface area contributed by atoms with E-state index in [0.29, 0.717) is 11.1 Å². The lowest BCUT2D eigenvalue weighted by molar-refractivity contribution is 0.669. The fourth-order valence-electron chi connectivity index (χ4n) is 8.06. The molecule has 1 heterocycles.